The van der Waals surface area contributed by atoms with Crippen LogP contribution in [-0.2, 0) is 10.0 Å². The average Bonchev–Trinajstić information content (AvgIpc) is 2.26. The molecule has 0 aliphatic heterocycles. The lowest BCUT2D eigenvalue weighted by atomic mass is 10.2. The standard InChI is InChI=1S/C12H20N2O2S2/c1-9-6-5-7-10(13)11(9)18(15,16)14-8-12(2,3)17-4/h5-7,14H,8,13H2,1-4H3. The zero-order chi connectivity index (χ0) is 14.0. The molecule has 18 heavy (non-hydrogen) atoms. The molecule has 0 saturated carbocycles. The number of benzene rings is 1. The van der Waals surface area contributed by atoms with E-state index in [-0.39, 0.29) is 15.3 Å². The third-order valence-electron chi connectivity index (χ3n) is 2.75. The molecule has 0 aliphatic carbocycles. The van der Waals surface area contributed by atoms with E-state index in [1.165, 1.54) is 0 Å². The van der Waals surface area contributed by atoms with Crippen molar-refractivity contribution in [2.24, 2.45) is 0 Å². The molecule has 0 radical (unpaired) electrons. The van der Waals surface area contributed by atoms with E-state index >= 15 is 0 Å². The fourth-order valence-corrected chi connectivity index (χ4v) is 3.33. The summed E-state index contributed by atoms with van der Waals surface area (Å²) >= 11 is 1.61. The van der Waals surface area contributed by atoms with Crippen LogP contribution in [0, 0.1) is 6.92 Å². The van der Waals surface area contributed by atoms with Gasteiger partial charge in [-0.25, -0.2) is 13.1 Å². The molecule has 0 spiro atoms. The highest BCUT2D eigenvalue weighted by atomic mass is 32.2. The summed E-state index contributed by atoms with van der Waals surface area (Å²) in [5.41, 5.74) is 6.69. The number of nitrogens with two attached hydrogens (primary N) is 1. The van der Waals surface area contributed by atoms with Gasteiger partial charge in [0.15, 0.2) is 0 Å². The van der Waals surface area contributed by atoms with Crippen LogP contribution in [0.4, 0.5) is 5.69 Å². The van der Waals surface area contributed by atoms with E-state index in [9.17, 15) is 8.42 Å². The SMILES string of the molecule is CSC(C)(C)CNS(=O)(=O)c1c(C)cccc1N. The van der Waals surface area contributed by atoms with E-state index in [0.717, 1.165) is 0 Å². The smallest absolute Gasteiger partial charge is 0.242 e. The van der Waals surface area contributed by atoms with Crippen molar-refractivity contribution in [2.45, 2.75) is 30.4 Å². The monoisotopic (exact) mass is 288 g/mol. The summed E-state index contributed by atoms with van der Waals surface area (Å²) in [7, 11) is -3.55. The third kappa shape index (κ3) is 3.63. The van der Waals surface area contributed by atoms with Crippen LogP contribution in [0.15, 0.2) is 23.1 Å². The zero-order valence-corrected chi connectivity index (χ0v) is 12.8. The largest absolute Gasteiger partial charge is 0.398 e. The van der Waals surface area contributed by atoms with E-state index in [0.29, 0.717) is 12.1 Å². The van der Waals surface area contributed by atoms with Gasteiger partial charge in [0.25, 0.3) is 0 Å². The van der Waals surface area contributed by atoms with Crippen LogP contribution in [-0.4, -0.2) is 26.0 Å². The minimum Gasteiger partial charge on any atom is -0.398 e. The first kappa shape index (κ1) is 15.3. The third-order valence-corrected chi connectivity index (χ3v) is 5.62. The summed E-state index contributed by atoms with van der Waals surface area (Å²) in [5.74, 6) is 0. The lowest BCUT2D eigenvalue weighted by Gasteiger charge is -2.22. The van der Waals surface area contributed by atoms with Crippen molar-refractivity contribution < 1.29 is 8.42 Å². The van der Waals surface area contributed by atoms with Crippen LogP contribution in [0.5, 0.6) is 0 Å². The van der Waals surface area contributed by atoms with Crippen molar-refractivity contribution in [1.82, 2.24) is 4.72 Å². The summed E-state index contributed by atoms with van der Waals surface area (Å²) in [4.78, 5) is 0.182. The average molecular weight is 288 g/mol. The van der Waals surface area contributed by atoms with Crippen LogP contribution >= 0.6 is 11.8 Å². The van der Waals surface area contributed by atoms with Crippen LogP contribution in [0.3, 0.4) is 0 Å². The predicted octanol–water partition coefficient (Wildman–Crippen LogP) is 2.00. The molecule has 102 valence electrons. The molecule has 0 aromatic heterocycles. The molecule has 0 atom stereocenters. The maximum atomic E-state index is 12.2. The minimum absolute atomic E-state index is 0.148. The molecule has 0 saturated heterocycles. The fraction of sp³-hybridized carbons (Fsp3) is 0.500. The van der Waals surface area contributed by atoms with Crippen molar-refractivity contribution in [3.63, 3.8) is 0 Å². The molecule has 0 heterocycles. The Morgan fingerprint density at radius 3 is 2.50 bits per heavy atom. The first-order chi connectivity index (χ1) is 8.19. The number of nitrogens with one attached hydrogen (secondary N) is 1. The van der Waals surface area contributed by atoms with Gasteiger partial charge < -0.3 is 5.73 Å². The molecule has 0 amide bonds. The Morgan fingerprint density at radius 2 is 2.00 bits per heavy atom. The first-order valence-electron chi connectivity index (χ1n) is 5.59. The van der Waals surface area contributed by atoms with Gasteiger partial charge in [0.05, 0.1) is 5.69 Å². The Labute approximate surface area is 113 Å². The lowest BCUT2D eigenvalue weighted by Crippen LogP contribution is -2.36. The van der Waals surface area contributed by atoms with E-state index in [4.69, 9.17) is 5.73 Å². The molecule has 0 bridgehead atoms. The van der Waals surface area contributed by atoms with Gasteiger partial charge in [0.2, 0.25) is 10.0 Å². The highest BCUT2D eigenvalue weighted by molar-refractivity contribution is 8.00. The number of hydrogen-bond acceptors (Lipinski definition) is 4. The number of thioether (sulfide) groups is 1. The summed E-state index contributed by atoms with van der Waals surface area (Å²) in [6.45, 7) is 6.08. The molecule has 3 N–H and O–H groups in total. The van der Waals surface area contributed by atoms with E-state index in [2.05, 4.69) is 4.72 Å². The number of aryl methyl sites for hydroxylation is 1. The molecule has 4 nitrogen and oxygen atoms in total. The van der Waals surface area contributed by atoms with Gasteiger partial charge >= 0.3 is 0 Å². The summed E-state index contributed by atoms with van der Waals surface area (Å²) in [6.07, 6.45) is 1.95. The van der Waals surface area contributed by atoms with E-state index < -0.39 is 10.0 Å². The van der Waals surface area contributed by atoms with Gasteiger partial charge in [-0.15, -0.1) is 0 Å². The quantitative estimate of drug-likeness (QED) is 0.813. The van der Waals surface area contributed by atoms with Gasteiger partial charge in [-0.3, -0.25) is 0 Å². The Kier molecular flexibility index (Phi) is 4.69. The molecule has 0 unspecified atom stereocenters. The van der Waals surface area contributed by atoms with Crippen molar-refractivity contribution >= 4 is 27.5 Å². The second-order valence-electron chi connectivity index (χ2n) is 4.78. The maximum Gasteiger partial charge on any atom is 0.242 e. The van der Waals surface area contributed by atoms with E-state index in [1.807, 2.05) is 20.1 Å². The zero-order valence-electron chi connectivity index (χ0n) is 11.1. The second kappa shape index (κ2) is 5.50. The highest BCUT2D eigenvalue weighted by Crippen LogP contribution is 2.24. The molecule has 0 fully saturated rings. The summed E-state index contributed by atoms with van der Waals surface area (Å²) in [5, 5.41) is 0. The fourth-order valence-electron chi connectivity index (χ4n) is 1.46. The Bertz CT molecular complexity index is 505. The topological polar surface area (TPSA) is 72.2 Å². The molecule has 1 rings (SSSR count). The number of sulfonamides is 1. The summed E-state index contributed by atoms with van der Waals surface area (Å²) < 4.78 is 26.9. The normalized spacial score (nSPS) is 12.7. The Balaban J connectivity index is 3.01. The summed E-state index contributed by atoms with van der Waals surface area (Å²) in [6, 6.07) is 5.08. The van der Waals surface area contributed by atoms with Crippen molar-refractivity contribution in [3.8, 4) is 0 Å². The molecule has 1 aromatic rings. The number of hydrogen-bond donors (Lipinski definition) is 2. The van der Waals surface area contributed by atoms with Crippen molar-refractivity contribution in [1.29, 1.82) is 0 Å². The molecule has 0 aliphatic rings. The Hall–Kier alpha value is -0.720. The van der Waals surface area contributed by atoms with Gasteiger partial charge in [-0.2, -0.15) is 11.8 Å². The van der Waals surface area contributed by atoms with Crippen LogP contribution in [0.25, 0.3) is 0 Å². The minimum atomic E-state index is -3.55. The molecule has 1 aromatic carbocycles. The molecular weight excluding hydrogens is 268 g/mol. The van der Waals surface area contributed by atoms with Crippen molar-refractivity contribution in [2.75, 3.05) is 18.5 Å². The first-order valence-corrected chi connectivity index (χ1v) is 8.30. The van der Waals surface area contributed by atoms with Gasteiger partial charge in [0.1, 0.15) is 4.90 Å². The predicted molar refractivity (Wildman–Crippen MR) is 78.4 cm³/mol. The molecule has 6 heteroatoms. The number of rotatable bonds is 5. The van der Waals surface area contributed by atoms with Crippen molar-refractivity contribution in [3.05, 3.63) is 23.8 Å². The highest BCUT2D eigenvalue weighted by Gasteiger charge is 2.24. The lowest BCUT2D eigenvalue weighted by molar-refractivity contribution is 0.570. The van der Waals surface area contributed by atoms with Crippen LogP contribution in [0.1, 0.15) is 19.4 Å². The van der Waals surface area contributed by atoms with Crippen LogP contribution in [0.2, 0.25) is 0 Å². The van der Waals surface area contributed by atoms with Gasteiger partial charge in [-0.1, -0.05) is 12.1 Å². The molecular formula is C12H20N2O2S2. The number of anilines is 1. The Morgan fingerprint density at radius 1 is 1.39 bits per heavy atom. The van der Waals surface area contributed by atoms with E-state index in [1.54, 1.807) is 36.9 Å². The second-order valence-corrected chi connectivity index (χ2v) is 8.00. The maximum absolute atomic E-state index is 12.2. The van der Waals surface area contributed by atoms with Gasteiger partial charge in [0, 0.05) is 11.3 Å². The van der Waals surface area contributed by atoms with Gasteiger partial charge in [-0.05, 0) is 38.7 Å². The number of nitrogen functional groups attached to an aromatic ring is 1. The van der Waals surface area contributed by atoms with Crippen LogP contribution < -0.4 is 10.5 Å².